The van der Waals surface area contributed by atoms with Gasteiger partial charge in [-0.2, -0.15) is 4.31 Å². The average molecular weight is 538 g/mol. The third-order valence-corrected chi connectivity index (χ3v) is 9.92. The molecule has 1 N–H and O–H groups in total. The van der Waals surface area contributed by atoms with Crippen LogP contribution >= 0.6 is 11.3 Å². The number of fused-ring (bicyclic) bond motifs is 2. The number of anilines is 1. The lowest BCUT2D eigenvalue weighted by molar-refractivity contribution is -0.120. The smallest absolute Gasteiger partial charge is 0.243 e. The number of hydrogen-bond acceptors (Lipinski definition) is 9. The van der Waals surface area contributed by atoms with Crippen molar-refractivity contribution in [3.63, 3.8) is 0 Å². The van der Waals surface area contributed by atoms with Crippen LogP contribution in [0.1, 0.15) is 12.8 Å². The van der Waals surface area contributed by atoms with E-state index in [1.165, 1.54) is 39.9 Å². The fraction of sp³-hybridized carbons (Fsp3) is 0.364. The number of rotatable bonds is 5. The number of amides is 1. The zero-order valence-electron chi connectivity index (χ0n) is 18.8. The number of aromatic nitrogens is 1. The number of ether oxygens (including phenoxy) is 2. The molecular weight excluding hydrogens is 514 g/mol. The summed E-state index contributed by atoms with van der Waals surface area (Å²) >= 11 is 1.33. The van der Waals surface area contributed by atoms with Crippen LogP contribution in [0.4, 0.5) is 5.13 Å². The average Bonchev–Trinajstić information content (AvgIpc) is 3.23. The number of carbonyl (C=O) groups excluding carboxylic acids is 1. The van der Waals surface area contributed by atoms with Crippen molar-refractivity contribution in [2.24, 2.45) is 5.92 Å². The van der Waals surface area contributed by atoms with Crippen LogP contribution in [0.15, 0.2) is 46.2 Å². The molecule has 1 aromatic heterocycles. The molecule has 1 amide bonds. The Kier molecular flexibility index (Phi) is 6.20. The second-order valence-electron chi connectivity index (χ2n) is 8.40. The van der Waals surface area contributed by atoms with Crippen LogP contribution in [0.5, 0.6) is 11.5 Å². The molecule has 0 aliphatic carbocycles. The summed E-state index contributed by atoms with van der Waals surface area (Å²) in [5, 5.41) is 3.31. The van der Waals surface area contributed by atoms with Gasteiger partial charge in [-0.1, -0.05) is 17.4 Å². The Bertz CT molecular complexity index is 1470. The predicted molar refractivity (Wildman–Crippen MR) is 130 cm³/mol. The second-order valence-corrected chi connectivity index (χ2v) is 13.4. The van der Waals surface area contributed by atoms with Crippen LogP contribution in [0.2, 0.25) is 0 Å². The number of sulfonamides is 1. The van der Waals surface area contributed by atoms with Crippen LogP contribution in [-0.2, 0) is 24.7 Å². The number of nitrogens with zero attached hydrogens (tertiary/aromatic N) is 2. The summed E-state index contributed by atoms with van der Waals surface area (Å²) in [7, 11) is -7.41. The van der Waals surface area contributed by atoms with E-state index in [0.29, 0.717) is 48.2 Å². The SMILES string of the molecule is CS(=O)(=O)c1cccc(S(=O)(=O)N2CCC(C(=O)Nc3nc4cc5c(cc4s3)OCCO5)CC2)c1. The van der Waals surface area contributed by atoms with Gasteiger partial charge in [0.05, 0.1) is 20.0 Å². The van der Waals surface area contributed by atoms with Gasteiger partial charge >= 0.3 is 0 Å². The van der Waals surface area contributed by atoms with Gasteiger partial charge in [0, 0.05) is 37.4 Å². The minimum Gasteiger partial charge on any atom is -0.486 e. The van der Waals surface area contributed by atoms with Crippen molar-refractivity contribution < 1.29 is 31.1 Å². The Morgan fingerprint density at radius 3 is 2.37 bits per heavy atom. The molecule has 5 rings (SSSR count). The maximum absolute atomic E-state index is 13.0. The first-order valence-electron chi connectivity index (χ1n) is 10.9. The fourth-order valence-electron chi connectivity index (χ4n) is 4.10. The molecule has 13 heteroatoms. The maximum Gasteiger partial charge on any atom is 0.243 e. The Hall–Kier alpha value is -2.74. The molecule has 0 saturated carbocycles. The predicted octanol–water partition coefficient (Wildman–Crippen LogP) is 2.51. The Morgan fingerprint density at radius 2 is 1.69 bits per heavy atom. The van der Waals surface area contributed by atoms with Crippen molar-refractivity contribution in [1.29, 1.82) is 0 Å². The molecule has 0 bridgehead atoms. The molecule has 0 unspecified atom stereocenters. The molecule has 0 atom stereocenters. The van der Waals surface area contributed by atoms with Crippen LogP contribution in [0.3, 0.4) is 0 Å². The van der Waals surface area contributed by atoms with Crippen LogP contribution in [0.25, 0.3) is 10.2 Å². The normalized spacial score (nSPS) is 17.4. The van der Waals surface area contributed by atoms with E-state index in [1.807, 2.05) is 6.07 Å². The molecule has 2 aliphatic rings. The molecule has 1 saturated heterocycles. The minimum absolute atomic E-state index is 0.0531. The van der Waals surface area contributed by atoms with Crippen LogP contribution < -0.4 is 14.8 Å². The summed E-state index contributed by atoms with van der Waals surface area (Å²) in [6.07, 6.45) is 1.72. The van der Waals surface area contributed by atoms with Gasteiger partial charge in [-0.15, -0.1) is 0 Å². The highest BCUT2D eigenvalue weighted by molar-refractivity contribution is 7.91. The number of benzene rings is 2. The van der Waals surface area contributed by atoms with Gasteiger partial charge in [-0.05, 0) is 31.0 Å². The lowest BCUT2D eigenvalue weighted by Crippen LogP contribution is -2.41. The summed E-state index contributed by atoms with van der Waals surface area (Å²) in [5.41, 5.74) is 0.701. The summed E-state index contributed by atoms with van der Waals surface area (Å²) in [6, 6.07) is 8.96. The first-order valence-corrected chi connectivity index (χ1v) is 15.1. The summed E-state index contributed by atoms with van der Waals surface area (Å²) in [5.74, 6) is 0.705. The van der Waals surface area contributed by atoms with Crippen molar-refractivity contribution in [1.82, 2.24) is 9.29 Å². The third kappa shape index (κ3) is 4.85. The van der Waals surface area contributed by atoms with Gasteiger partial charge < -0.3 is 14.8 Å². The summed E-state index contributed by atoms with van der Waals surface area (Å²) < 4.78 is 63.0. The number of nitrogens with one attached hydrogen (secondary N) is 1. The highest BCUT2D eigenvalue weighted by atomic mass is 32.2. The standard InChI is InChI=1S/C22H23N3O7S3/c1-34(27,28)15-3-2-4-16(11-15)35(29,30)25-7-5-14(6-8-25)21(26)24-22-23-17-12-18-19(13-20(17)33-22)32-10-9-31-18/h2-4,11-14H,5-10H2,1H3,(H,23,24,26). The summed E-state index contributed by atoms with van der Waals surface area (Å²) in [6.45, 7) is 1.28. The van der Waals surface area contributed by atoms with E-state index in [2.05, 4.69) is 10.3 Å². The monoisotopic (exact) mass is 537 g/mol. The Labute approximate surface area is 206 Å². The van der Waals surface area contributed by atoms with Gasteiger partial charge in [0.2, 0.25) is 15.9 Å². The van der Waals surface area contributed by atoms with Gasteiger partial charge in [0.1, 0.15) is 13.2 Å². The molecule has 3 aromatic rings. The van der Waals surface area contributed by atoms with Crippen LogP contribution in [0, 0.1) is 5.92 Å². The third-order valence-electron chi connectivity index (χ3n) is 5.98. The Morgan fingerprint density at radius 1 is 1.03 bits per heavy atom. The van der Waals surface area contributed by atoms with E-state index in [4.69, 9.17) is 9.47 Å². The number of sulfone groups is 1. The first-order chi connectivity index (χ1) is 16.6. The summed E-state index contributed by atoms with van der Waals surface area (Å²) in [4.78, 5) is 17.2. The molecule has 3 heterocycles. The zero-order chi connectivity index (χ0) is 24.8. The van der Waals surface area contributed by atoms with E-state index in [-0.39, 0.29) is 34.7 Å². The van der Waals surface area contributed by atoms with Gasteiger partial charge in [-0.25, -0.2) is 21.8 Å². The molecular formula is C22H23N3O7S3. The fourth-order valence-corrected chi connectivity index (χ4v) is 7.24. The molecule has 10 nitrogen and oxygen atoms in total. The van der Waals surface area contributed by atoms with Crippen molar-refractivity contribution in [2.45, 2.75) is 22.6 Å². The van der Waals surface area contributed by atoms with E-state index >= 15 is 0 Å². The molecule has 0 spiro atoms. The van der Waals surface area contributed by atoms with Gasteiger partial charge in [0.25, 0.3) is 0 Å². The molecule has 2 aromatic carbocycles. The largest absolute Gasteiger partial charge is 0.486 e. The van der Waals surface area contributed by atoms with Crippen molar-refractivity contribution >= 4 is 52.5 Å². The molecule has 35 heavy (non-hydrogen) atoms. The van der Waals surface area contributed by atoms with E-state index in [1.54, 1.807) is 6.07 Å². The van der Waals surface area contributed by atoms with E-state index < -0.39 is 19.9 Å². The number of thiazole rings is 1. The first kappa shape index (κ1) is 24.0. The lowest BCUT2D eigenvalue weighted by atomic mass is 9.97. The Balaban J connectivity index is 1.24. The quantitative estimate of drug-likeness (QED) is 0.525. The topological polar surface area (TPSA) is 132 Å². The van der Waals surface area contributed by atoms with E-state index in [0.717, 1.165) is 11.0 Å². The van der Waals surface area contributed by atoms with Gasteiger partial charge in [0.15, 0.2) is 26.5 Å². The maximum atomic E-state index is 13.0. The van der Waals surface area contributed by atoms with Gasteiger partial charge in [-0.3, -0.25) is 4.79 Å². The number of carbonyl (C=O) groups is 1. The lowest BCUT2D eigenvalue weighted by Gasteiger charge is -2.30. The minimum atomic E-state index is -3.88. The number of piperidine rings is 1. The highest BCUT2D eigenvalue weighted by Gasteiger charge is 2.33. The van der Waals surface area contributed by atoms with Crippen LogP contribution in [-0.4, -0.2) is 64.6 Å². The molecule has 1 fully saturated rings. The second kappa shape index (κ2) is 9.04. The molecule has 186 valence electrons. The van der Waals surface area contributed by atoms with E-state index in [9.17, 15) is 21.6 Å². The number of hydrogen-bond donors (Lipinski definition) is 1. The van der Waals surface area contributed by atoms with Crippen molar-refractivity contribution in [3.8, 4) is 11.5 Å². The van der Waals surface area contributed by atoms with Crippen molar-refractivity contribution in [2.75, 3.05) is 37.9 Å². The molecule has 0 radical (unpaired) electrons. The highest BCUT2D eigenvalue weighted by Crippen LogP contribution is 2.38. The zero-order valence-corrected chi connectivity index (χ0v) is 21.2. The molecule has 2 aliphatic heterocycles. The van der Waals surface area contributed by atoms with Crippen molar-refractivity contribution in [3.05, 3.63) is 36.4 Å².